The fraction of sp³-hybridized carbons (Fsp3) is 0.471. The van der Waals surface area contributed by atoms with E-state index in [9.17, 15) is 14.4 Å². The van der Waals surface area contributed by atoms with Crippen LogP contribution >= 0.6 is 0 Å². The van der Waals surface area contributed by atoms with Crippen LogP contribution in [0.4, 0.5) is 5.69 Å². The van der Waals surface area contributed by atoms with Gasteiger partial charge >= 0.3 is 0 Å². The number of nitrogens with zero attached hydrogens (tertiary/aromatic N) is 2. The van der Waals surface area contributed by atoms with Crippen molar-refractivity contribution in [3.63, 3.8) is 0 Å². The molecule has 2 rings (SSSR count). The third-order valence-electron chi connectivity index (χ3n) is 4.18. The van der Waals surface area contributed by atoms with E-state index in [4.69, 9.17) is 4.74 Å². The molecule has 0 aromatic heterocycles. The van der Waals surface area contributed by atoms with Crippen molar-refractivity contribution < 1.29 is 19.1 Å². The number of piperazine rings is 1. The molecular formula is C17H23N3O4. The first-order valence-corrected chi connectivity index (χ1v) is 7.82. The number of nitrogens with one attached hydrogen (secondary N) is 1. The fourth-order valence-electron chi connectivity index (χ4n) is 2.51. The van der Waals surface area contributed by atoms with Gasteiger partial charge in [-0.1, -0.05) is 6.07 Å². The molecule has 0 saturated carbocycles. The number of ether oxygens (including phenoxy) is 1. The Hall–Kier alpha value is -2.57. The molecule has 1 fully saturated rings. The van der Waals surface area contributed by atoms with Crippen LogP contribution in [0, 0.1) is 5.41 Å². The third kappa shape index (κ3) is 3.84. The Morgan fingerprint density at radius 1 is 1.21 bits per heavy atom. The van der Waals surface area contributed by atoms with Gasteiger partial charge in [0.2, 0.25) is 18.2 Å². The van der Waals surface area contributed by atoms with E-state index in [-0.39, 0.29) is 11.8 Å². The van der Waals surface area contributed by atoms with Crippen LogP contribution in [0.1, 0.15) is 13.8 Å². The number of methoxy groups -OCH3 is 1. The van der Waals surface area contributed by atoms with Gasteiger partial charge in [0.1, 0.15) is 11.2 Å². The van der Waals surface area contributed by atoms with Gasteiger partial charge in [-0.15, -0.1) is 0 Å². The molecule has 0 spiro atoms. The molecule has 1 N–H and O–H groups in total. The van der Waals surface area contributed by atoms with Gasteiger partial charge in [0.25, 0.3) is 0 Å². The summed E-state index contributed by atoms with van der Waals surface area (Å²) >= 11 is 0. The summed E-state index contributed by atoms with van der Waals surface area (Å²) in [4.78, 5) is 39.3. The predicted molar refractivity (Wildman–Crippen MR) is 89.6 cm³/mol. The summed E-state index contributed by atoms with van der Waals surface area (Å²) in [7, 11) is 1.55. The molecule has 7 nitrogen and oxygen atoms in total. The predicted octanol–water partition coefficient (Wildman–Crippen LogP) is 0.960. The maximum atomic E-state index is 12.7. The summed E-state index contributed by atoms with van der Waals surface area (Å²) in [5, 5.41) is 2.76. The molecule has 0 aliphatic carbocycles. The van der Waals surface area contributed by atoms with Crippen LogP contribution < -0.4 is 10.1 Å². The van der Waals surface area contributed by atoms with E-state index in [1.807, 2.05) is 0 Å². The van der Waals surface area contributed by atoms with Crippen LogP contribution in [0.25, 0.3) is 0 Å². The zero-order valence-electron chi connectivity index (χ0n) is 14.2. The van der Waals surface area contributed by atoms with Gasteiger partial charge in [-0.2, -0.15) is 0 Å². The second-order valence-corrected chi connectivity index (χ2v) is 6.24. The highest BCUT2D eigenvalue weighted by molar-refractivity contribution is 6.09. The van der Waals surface area contributed by atoms with Crippen molar-refractivity contribution >= 4 is 23.9 Å². The van der Waals surface area contributed by atoms with Crippen molar-refractivity contribution in [1.82, 2.24) is 9.80 Å². The first kappa shape index (κ1) is 17.8. The van der Waals surface area contributed by atoms with Gasteiger partial charge in [0, 0.05) is 37.9 Å². The average molecular weight is 333 g/mol. The minimum Gasteiger partial charge on any atom is -0.497 e. The van der Waals surface area contributed by atoms with E-state index in [0.29, 0.717) is 37.6 Å². The van der Waals surface area contributed by atoms with Gasteiger partial charge in [-0.05, 0) is 26.0 Å². The van der Waals surface area contributed by atoms with E-state index in [0.717, 1.165) is 6.41 Å². The number of hydrogen-bond donors (Lipinski definition) is 1. The minimum absolute atomic E-state index is 0.242. The minimum atomic E-state index is -1.20. The lowest BCUT2D eigenvalue weighted by Gasteiger charge is -2.36. The molecule has 24 heavy (non-hydrogen) atoms. The normalized spacial score (nSPS) is 15.0. The largest absolute Gasteiger partial charge is 0.497 e. The molecule has 1 aromatic rings. The monoisotopic (exact) mass is 333 g/mol. The second kappa shape index (κ2) is 7.33. The molecule has 1 saturated heterocycles. The fourth-order valence-corrected chi connectivity index (χ4v) is 2.51. The van der Waals surface area contributed by atoms with Crippen molar-refractivity contribution in [3.05, 3.63) is 24.3 Å². The lowest BCUT2D eigenvalue weighted by molar-refractivity contribution is -0.148. The van der Waals surface area contributed by atoms with Crippen LogP contribution in [0.15, 0.2) is 24.3 Å². The highest BCUT2D eigenvalue weighted by atomic mass is 16.5. The SMILES string of the molecule is COc1cccc(NC(=O)C(C)(C)C(=O)N2CCN(C=O)CC2)c1. The van der Waals surface area contributed by atoms with E-state index in [1.54, 1.807) is 55.0 Å². The Bertz CT molecular complexity index is 622. The standard InChI is InChI=1S/C17H23N3O4/c1-17(2,16(23)20-9-7-19(12-21)8-10-20)15(22)18-13-5-4-6-14(11-13)24-3/h4-6,11-12H,7-10H2,1-3H3,(H,18,22). The lowest BCUT2D eigenvalue weighted by atomic mass is 9.89. The number of rotatable bonds is 5. The number of carbonyl (C=O) groups is 3. The van der Waals surface area contributed by atoms with Crippen molar-refractivity contribution in [2.24, 2.45) is 5.41 Å². The molecule has 0 bridgehead atoms. The Morgan fingerprint density at radius 3 is 2.46 bits per heavy atom. The maximum absolute atomic E-state index is 12.7. The van der Waals surface area contributed by atoms with E-state index >= 15 is 0 Å². The second-order valence-electron chi connectivity index (χ2n) is 6.24. The van der Waals surface area contributed by atoms with E-state index in [1.165, 1.54) is 0 Å². The molecule has 1 aliphatic heterocycles. The summed E-state index contributed by atoms with van der Waals surface area (Å²) in [5.41, 5.74) is -0.627. The third-order valence-corrected chi connectivity index (χ3v) is 4.18. The number of hydrogen-bond acceptors (Lipinski definition) is 4. The van der Waals surface area contributed by atoms with Gasteiger partial charge in [0.15, 0.2) is 0 Å². The van der Waals surface area contributed by atoms with Crippen molar-refractivity contribution in [2.75, 3.05) is 38.6 Å². The van der Waals surface area contributed by atoms with Crippen LogP contribution in [-0.2, 0) is 14.4 Å². The number of benzene rings is 1. The summed E-state index contributed by atoms with van der Waals surface area (Å²) < 4.78 is 5.13. The van der Waals surface area contributed by atoms with E-state index < -0.39 is 5.41 Å². The molecule has 0 atom stereocenters. The van der Waals surface area contributed by atoms with Crippen LogP contribution in [-0.4, -0.2) is 61.3 Å². The molecule has 0 unspecified atom stereocenters. The van der Waals surface area contributed by atoms with Gasteiger partial charge < -0.3 is 19.9 Å². The average Bonchev–Trinajstić information content (AvgIpc) is 2.61. The molecule has 7 heteroatoms. The van der Waals surface area contributed by atoms with Gasteiger partial charge in [0.05, 0.1) is 7.11 Å². The first-order chi connectivity index (χ1) is 11.4. The Balaban J connectivity index is 2.03. The lowest BCUT2D eigenvalue weighted by Crippen LogP contribution is -2.54. The van der Waals surface area contributed by atoms with Crippen LogP contribution in [0.2, 0.25) is 0 Å². The summed E-state index contributed by atoms with van der Waals surface area (Å²) in [6, 6.07) is 6.98. The van der Waals surface area contributed by atoms with E-state index in [2.05, 4.69) is 5.32 Å². The summed E-state index contributed by atoms with van der Waals surface area (Å²) in [6.45, 7) is 5.07. The quantitative estimate of drug-likeness (QED) is 0.643. The molecule has 1 aromatic carbocycles. The highest BCUT2D eigenvalue weighted by Gasteiger charge is 2.40. The zero-order chi connectivity index (χ0) is 17.7. The number of amides is 3. The Morgan fingerprint density at radius 2 is 1.88 bits per heavy atom. The number of anilines is 1. The molecule has 0 radical (unpaired) electrons. The first-order valence-electron chi connectivity index (χ1n) is 7.82. The Kier molecular flexibility index (Phi) is 5.43. The molecule has 130 valence electrons. The summed E-state index contributed by atoms with van der Waals surface area (Å²) in [6.07, 6.45) is 0.780. The zero-order valence-corrected chi connectivity index (χ0v) is 14.2. The molecular weight excluding hydrogens is 310 g/mol. The van der Waals surface area contributed by atoms with Crippen LogP contribution in [0.3, 0.4) is 0 Å². The summed E-state index contributed by atoms with van der Waals surface area (Å²) in [5.74, 6) is 0.00827. The topological polar surface area (TPSA) is 79.0 Å². The van der Waals surface area contributed by atoms with Gasteiger partial charge in [-0.3, -0.25) is 14.4 Å². The molecule has 3 amide bonds. The van der Waals surface area contributed by atoms with Crippen molar-refractivity contribution in [1.29, 1.82) is 0 Å². The maximum Gasteiger partial charge on any atom is 0.239 e. The number of carbonyl (C=O) groups excluding carboxylic acids is 3. The highest BCUT2D eigenvalue weighted by Crippen LogP contribution is 2.24. The Labute approximate surface area is 141 Å². The molecule has 1 heterocycles. The smallest absolute Gasteiger partial charge is 0.239 e. The van der Waals surface area contributed by atoms with Crippen molar-refractivity contribution in [2.45, 2.75) is 13.8 Å². The molecule has 1 aliphatic rings. The van der Waals surface area contributed by atoms with Crippen LogP contribution in [0.5, 0.6) is 5.75 Å². The van der Waals surface area contributed by atoms with Crippen molar-refractivity contribution in [3.8, 4) is 5.75 Å². The van der Waals surface area contributed by atoms with Gasteiger partial charge in [-0.25, -0.2) is 0 Å².